The smallest absolute Gasteiger partial charge is 0.376 e. The van der Waals surface area contributed by atoms with Gasteiger partial charge in [-0.1, -0.05) is 35.6 Å². The molecule has 0 radical (unpaired) electrons. The van der Waals surface area contributed by atoms with Crippen LogP contribution in [0, 0.1) is 11.8 Å². The summed E-state index contributed by atoms with van der Waals surface area (Å²) in [5.41, 5.74) is 2.87. The van der Waals surface area contributed by atoms with Gasteiger partial charge in [-0.2, -0.15) is 0 Å². The first-order chi connectivity index (χ1) is 16.2. The van der Waals surface area contributed by atoms with E-state index in [-0.39, 0.29) is 12.2 Å². The second-order valence-electron chi connectivity index (χ2n) is 8.54. The van der Waals surface area contributed by atoms with Gasteiger partial charge in [0.1, 0.15) is 0 Å². The lowest BCUT2D eigenvalue weighted by atomic mass is 10.0. The molecule has 4 rings (SSSR count). The first-order valence-electron chi connectivity index (χ1n) is 10.9. The van der Waals surface area contributed by atoms with Gasteiger partial charge in [-0.25, -0.2) is 14.8 Å². The summed E-state index contributed by atoms with van der Waals surface area (Å²) in [6.07, 6.45) is 4.26. The maximum Gasteiger partial charge on any atom is 0.376 e. The van der Waals surface area contributed by atoms with E-state index in [1.54, 1.807) is 19.2 Å². The molecule has 1 fully saturated rings. The highest BCUT2D eigenvalue weighted by molar-refractivity contribution is 5.90. The van der Waals surface area contributed by atoms with E-state index >= 15 is 0 Å². The van der Waals surface area contributed by atoms with Gasteiger partial charge in [-0.3, -0.25) is 4.79 Å². The summed E-state index contributed by atoms with van der Waals surface area (Å²) in [7, 11) is 4.90. The highest BCUT2D eigenvalue weighted by Crippen LogP contribution is 2.27. The number of nitrogens with zero attached hydrogens (tertiary/aromatic N) is 4. The molecule has 2 aliphatic rings. The van der Waals surface area contributed by atoms with Crippen LogP contribution in [0.15, 0.2) is 48.1 Å². The van der Waals surface area contributed by atoms with Crippen molar-refractivity contribution in [2.24, 2.45) is 0 Å². The number of aromatic nitrogens is 2. The number of hydrogen-bond donors (Lipinski definition) is 1. The van der Waals surface area contributed by atoms with Gasteiger partial charge in [0.15, 0.2) is 0 Å². The van der Waals surface area contributed by atoms with Gasteiger partial charge >= 0.3 is 5.97 Å². The third-order valence-electron chi connectivity index (χ3n) is 5.86. The molecule has 1 N–H and O–H groups in total. The van der Waals surface area contributed by atoms with Crippen molar-refractivity contribution in [1.82, 2.24) is 19.8 Å². The Morgan fingerprint density at radius 3 is 2.59 bits per heavy atom. The van der Waals surface area contributed by atoms with Crippen molar-refractivity contribution < 1.29 is 19.4 Å². The number of likely N-dealkylation sites (tertiary alicyclic amines) is 1. The van der Waals surface area contributed by atoms with Crippen LogP contribution >= 0.6 is 0 Å². The molecule has 174 valence electrons. The molecule has 1 aromatic heterocycles. The summed E-state index contributed by atoms with van der Waals surface area (Å²) < 4.78 is 4.87. The fraction of sp³-hybridized carbons (Fsp3) is 0.308. The number of methoxy groups -OCH3 is 1. The molecule has 1 atom stereocenters. The Morgan fingerprint density at radius 2 is 1.91 bits per heavy atom. The Labute approximate surface area is 198 Å². The minimum atomic E-state index is -1.67. The van der Waals surface area contributed by atoms with Crippen LogP contribution in [0.5, 0.6) is 0 Å². The van der Waals surface area contributed by atoms with E-state index in [0.29, 0.717) is 29.1 Å². The minimum Gasteiger partial charge on any atom is -0.463 e. The molecule has 1 amide bonds. The van der Waals surface area contributed by atoms with Crippen LogP contribution in [0.3, 0.4) is 0 Å². The zero-order valence-corrected chi connectivity index (χ0v) is 19.6. The lowest BCUT2D eigenvalue weighted by Crippen LogP contribution is -2.37. The van der Waals surface area contributed by atoms with Crippen LogP contribution in [0.2, 0.25) is 0 Å². The topological polar surface area (TPSA) is 95.9 Å². The van der Waals surface area contributed by atoms with E-state index < -0.39 is 17.5 Å². The first-order valence-corrected chi connectivity index (χ1v) is 10.9. The molecule has 34 heavy (non-hydrogen) atoms. The summed E-state index contributed by atoms with van der Waals surface area (Å²) in [5.74, 6) is 4.58. The van der Waals surface area contributed by atoms with Crippen LogP contribution in [-0.4, -0.2) is 76.6 Å². The molecule has 3 heterocycles. The first kappa shape index (κ1) is 23.2. The van der Waals surface area contributed by atoms with E-state index in [9.17, 15) is 14.7 Å². The highest BCUT2D eigenvalue weighted by atomic mass is 16.5. The van der Waals surface area contributed by atoms with Crippen molar-refractivity contribution in [2.75, 3.05) is 34.3 Å². The number of aliphatic hydroxyl groups is 1. The fourth-order valence-corrected chi connectivity index (χ4v) is 3.95. The number of carbonyl (C=O) groups is 2. The third-order valence-corrected chi connectivity index (χ3v) is 5.86. The summed E-state index contributed by atoms with van der Waals surface area (Å²) >= 11 is 0. The maximum absolute atomic E-state index is 12.3. The number of rotatable bonds is 3. The van der Waals surface area contributed by atoms with E-state index in [1.165, 1.54) is 17.6 Å². The van der Waals surface area contributed by atoms with Crippen molar-refractivity contribution in [3.63, 3.8) is 0 Å². The van der Waals surface area contributed by atoms with E-state index in [1.807, 2.05) is 37.4 Å². The number of amides is 1. The predicted molar refractivity (Wildman–Crippen MR) is 127 cm³/mol. The average molecular weight is 459 g/mol. The Kier molecular flexibility index (Phi) is 6.22. The number of benzene rings is 1. The lowest BCUT2D eigenvalue weighted by molar-refractivity contribution is -0.137. The Hall–Kier alpha value is -3.96. The van der Waals surface area contributed by atoms with Crippen LogP contribution in [-0.2, 0) is 9.53 Å². The van der Waals surface area contributed by atoms with Gasteiger partial charge in [0.05, 0.1) is 24.2 Å². The molecule has 1 aromatic carbocycles. The van der Waals surface area contributed by atoms with Crippen molar-refractivity contribution in [3.8, 4) is 23.1 Å². The van der Waals surface area contributed by atoms with Gasteiger partial charge < -0.3 is 19.6 Å². The van der Waals surface area contributed by atoms with E-state index in [4.69, 9.17) is 4.74 Å². The van der Waals surface area contributed by atoms with Gasteiger partial charge in [0, 0.05) is 44.7 Å². The summed E-state index contributed by atoms with van der Waals surface area (Å²) in [6.45, 7) is 3.26. The monoisotopic (exact) mass is 458 g/mol. The van der Waals surface area contributed by atoms with Gasteiger partial charge in [-0.05, 0) is 31.2 Å². The Morgan fingerprint density at radius 1 is 1.15 bits per heavy atom. The quantitative estimate of drug-likeness (QED) is 0.556. The largest absolute Gasteiger partial charge is 0.463 e. The number of likely N-dealkylation sites (N-methyl/N-ethyl adjacent to an activating group) is 2. The molecule has 0 bridgehead atoms. The van der Waals surface area contributed by atoms with Crippen molar-refractivity contribution >= 4 is 17.6 Å². The van der Waals surface area contributed by atoms with Crippen molar-refractivity contribution in [2.45, 2.75) is 18.9 Å². The predicted octanol–water partition coefficient (Wildman–Crippen LogP) is 2.11. The molecule has 2 aromatic rings. The number of esters is 1. The third kappa shape index (κ3) is 4.56. The zero-order valence-electron chi connectivity index (χ0n) is 19.6. The number of carbonyl (C=O) groups excluding carboxylic acids is 2. The van der Waals surface area contributed by atoms with Crippen LogP contribution in [0.1, 0.15) is 35.2 Å². The molecule has 0 spiro atoms. The highest BCUT2D eigenvalue weighted by Gasteiger charge is 2.42. The lowest BCUT2D eigenvalue weighted by Gasteiger charge is -2.26. The Balaban J connectivity index is 1.74. The molecule has 8 heteroatoms. The van der Waals surface area contributed by atoms with Crippen LogP contribution < -0.4 is 0 Å². The number of allylic oxidation sites excluding steroid dienone is 2. The zero-order chi connectivity index (χ0) is 24.5. The standard InChI is InChI=1S/C26H26N4O4/c1-17-8-9-22(30(3)16-17)21-15-20(27-23(28-21)24(31)34-4)19-7-5-6-18(14-19)10-11-26(33)12-13-29(2)25(26)32/h5-9,14-15,33H,12-13,16H2,1-4H3. The molecule has 1 unspecified atom stereocenters. The van der Waals surface area contributed by atoms with Crippen molar-refractivity contribution in [1.29, 1.82) is 0 Å². The summed E-state index contributed by atoms with van der Waals surface area (Å²) in [4.78, 5) is 36.9. The van der Waals surface area contributed by atoms with Crippen LogP contribution in [0.4, 0.5) is 0 Å². The molecule has 0 saturated carbocycles. The SMILES string of the molecule is COC(=O)c1nc(C2=CC=C(C)CN2C)cc(-c2cccc(C#CC3(O)CCN(C)C3=O)c2)n1. The summed E-state index contributed by atoms with van der Waals surface area (Å²) in [5, 5.41) is 10.6. The maximum atomic E-state index is 12.3. The van der Waals surface area contributed by atoms with Crippen LogP contribution in [0.25, 0.3) is 17.0 Å². The average Bonchev–Trinajstić information content (AvgIpc) is 3.10. The fourth-order valence-electron chi connectivity index (χ4n) is 3.95. The van der Waals surface area contributed by atoms with E-state index in [0.717, 1.165) is 12.2 Å². The molecule has 1 saturated heterocycles. The second kappa shape index (κ2) is 9.12. The molecule has 2 aliphatic heterocycles. The summed E-state index contributed by atoms with van der Waals surface area (Å²) in [6, 6.07) is 9.07. The van der Waals surface area contributed by atoms with Crippen molar-refractivity contribution in [3.05, 3.63) is 65.1 Å². The molecule has 8 nitrogen and oxygen atoms in total. The van der Waals surface area contributed by atoms with E-state index in [2.05, 4.69) is 33.6 Å². The molecular formula is C26H26N4O4. The molecule has 0 aliphatic carbocycles. The Bertz CT molecular complexity index is 1290. The second-order valence-corrected chi connectivity index (χ2v) is 8.54. The molecular weight excluding hydrogens is 432 g/mol. The van der Waals surface area contributed by atoms with Gasteiger partial charge in [0.25, 0.3) is 5.91 Å². The minimum absolute atomic E-state index is 0.0408. The normalized spacial score (nSPS) is 19.9. The van der Waals surface area contributed by atoms with Gasteiger partial charge in [-0.15, -0.1) is 0 Å². The number of ether oxygens (including phenoxy) is 1. The number of hydrogen-bond acceptors (Lipinski definition) is 7. The van der Waals surface area contributed by atoms with Gasteiger partial charge in [0.2, 0.25) is 11.4 Å².